The van der Waals surface area contributed by atoms with E-state index in [4.69, 9.17) is 21.9 Å². The minimum absolute atomic E-state index is 0.416. The molecule has 2 aromatic rings. The van der Waals surface area contributed by atoms with Crippen molar-refractivity contribution in [1.29, 1.82) is 5.26 Å². The Kier molecular flexibility index (Phi) is 7.92. The summed E-state index contributed by atoms with van der Waals surface area (Å²) in [5.41, 5.74) is 3.01. The highest BCUT2D eigenvalue weighted by atomic mass is 35.5. The molecule has 1 saturated heterocycles. The average molecular weight is 410 g/mol. The fourth-order valence-electron chi connectivity index (χ4n) is 3.51. The second kappa shape index (κ2) is 10.8. The number of likely N-dealkylation sites (tertiary alicyclic amines) is 1. The predicted molar refractivity (Wildman–Crippen MR) is 119 cm³/mol. The fraction of sp³-hybridized carbons (Fsp3) is 0.391. The lowest BCUT2D eigenvalue weighted by Crippen LogP contribution is -2.48. The summed E-state index contributed by atoms with van der Waals surface area (Å²) in [6.45, 7) is 6.53. The van der Waals surface area contributed by atoms with E-state index in [2.05, 4.69) is 40.7 Å². The van der Waals surface area contributed by atoms with E-state index < -0.39 is 0 Å². The van der Waals surface area contributed by atoms with Crippen LogP contribution in [0.25, 0.3) is 0 Å². The number of nitriles is 1. The maximum Gasteiger partial charge on any atom is 0.191 e. The lowest BCUT2D eigenvalue weighted by Gasteiger charge is -2.33. The third-order valence-electron chi connectivity index (χ3n) is 5.07. The van der Waals surface area contributed by atoms with Crippen LogP contribution >= 0.6 is 11.6 Å². The first kappa shape index (κ1) is 21.2. The Morgan fingerprint density at radius 2 is 1.93 bits per heavy atom. The molecule has 1 fully saturated rings. The maximum atomic E-state index is 9.05. The van der Waals surface area contributed by atoms with Gasteiger partial charge in [-0.2, -0.15) is 5.26 Å². The van der Waals surface area contributed by atoms with Gasteiger partial charge in [0.25, 0.3) is 0 Å². The molecule has 3 rings (SSSR count). The molecule has 0 amide bonds. The van der Waals surface area contributed by atoms with E-state index >= 15 is 0 Å². The van der Waals surface area contributed by atoms with Crippen molar-refractivity contribution in [2.75, 3.05) is 19.6 Å². The van der Waals surface area contributed by atoms with Crippen LogP contribution in [-0.2, 0) is 13.1 Å². The van der Waals surface area contributed by atoms with E-state index in [-0.39, 0.29) is 0 Å². The van der Waals surface area contributed by atoms with Crippen molar-refractivity contribution in [2.45, 2.75) is 38.9 Å². The van der Waals surface area contributed by atoms with Gasteiger partial charge in [0, 0.05) is 37.2 Å². The first-order valence-corrected chi connectivity index (χ1v) is 10.5. The van der Waals surface area contributed by atoms with Gasteiger partial charge >= 0.3 is 0 Å². The number of hydrogen-bond donors (Lipinski definition) is 2. The zero-order valence-electron chi connectivity index (χ0n) is 16.9. The Bertz CT molecular complexity index is 848. The number of hydrogen-bond acceptors (Lipinski definition) is 3. The number of nitrogens with one attached hydrogen (secondary N) is 2. The van der Waals surface area contributed by atoms with E-state index in [0.29, 0.717) is 18.2 Å². The average Bonchev–Trinajstić information content (AvgIpc) is 2.75. The SMILES string of the molecule is CCNC(=NCc1cccc(C#N)c1)NC1CCN(Cc2ccc(Cl)cc2)CC1. The summed E-state index contributed by atoms with van der Waals surface area (Å²) < 4.78 is 0. The van der Waals surface area contributed by atoms with Gasteiger partial charge in [0.05, 0.1) is 18.2 Å². The molecule has 2 N–H and O–H groups in total. The molecule has 29 heavy (non-hydrogen) atoms. The highest BCUT2D eigenvalue weighted by Gasteiger charge is 2.20. The van der Waals surface area contributed by atoms with Gasteiger partial charge in [-0.3, -0.25) is 4.90 Å². The lowest BCUT2D eigenvalue weighted by molar-refractivity contribution is 0.198. The Balaban J connectivity index is 1.50. The van der Waals surface area contributed by atoms with Crippen molar-refractivity contribution < 1.29 is 0 Å². The summed E-state index contributed by atoms with van der Waals surface area (Å²) in [4.78, 5) is 7.19. The van der Waals surface area contributed by atoms with Crippen molar-refractivity contribution >= 4 is 17.6 Å². The summed E-state index contributed by atoms with van der Waals surface area (Å²) in [6.07, 6.45) is 2.17. The molecule has 6 heteroatoms. The van der Waals surface area contributed by atoms with E-state index in [1.54, 1.807) is 0 Å². The maximum absolute atomic E-state index is 9.05. The highest BCUT2D eigenvalue weighted by molar-refractivity contribution is 6.30. The van der Waals surface area contributed by atoms with Gasteiger partial charge in [-0.1, -0.05) is 35.9 Å². The molecule has 0 bridgehead atoms. The smallest absolute Gasteiger partial charge is 0.191 e. The predicted octanol–water partition coefficient (Wildman–Crippen LogP) is 3.93. The fourth-order valence-corrected chi connectivity index (χ4v) is 3.63. The van der Waals surface area contributed by atoms with Gasteiger partial charge in [-0.15, -0.1) is 0 Å². The molecule has 1 heterocycles. The Labute approximate surface area is 178 Å². The van der Waals surface area contributed by atoms with E-state index in [9.17, 15) is 0 Å². The summed E-state index contributed by atoms with van der Waals surface area (Å²) >= 11 is 5.97. The summed E-state index contributed by atoms with van der Waals surface area (Å²) in [7, 11) is 0. The quantitative estimate of drug-likeness (QED) is 0.560. The standard InChI is InChI=1S/C23H28ClN5/c1-2-26-23(27-16-20-5-3-4-19(14-20)15-25)28-22-10-12-29(13-11-22)17-18-6-8-21(24)9-7-18/h3-9,14,22H,2,10-13,16-17H2,1H3,(H2,26,27,28). The summed E-state index contributed by atoms with van der Waals surface area (Å²) in [6, 6.07) is 18.3. The molecule has 0 aliphatic carbocycles. The molecule has 0 radical (unpaired) electrons. The van der Waals surface area contributed by atoms with E-state index in [0.717, 1.165) is 55.6 Å². The number of piperidine rings is 1. The van der Waals surface area contributed by atoms with Crippen LogP contribution in [0.1, 0.15) is 36.5 Å². The number of guanidine groups is 1. The van der Waals surface area contributed by atoms with Crippen LogP contribution in [-0.4, -0.2) is 36.5 Å². The van der Waals surface area contributed by atoms with Gasteiger partial charge in [0.1, 0.15) is 0 Å². The van der Waals surface area contributed by atoms with Crippen molar-refractivity contribution in [3.05, 3.63) is 70.2 Å². The van der Waals surface area contributed by atoms with Crippen LogP contribution in [0.2, 0.25) is 5.02 Å². The Hall–Kier alpha value is -2.55. The minimum atomic E-state index is 0.416. The number of halogens is 1. The largest absolute Gasteiger partial charge is 0.357 e. The highest BCUT2D eigenvalue weighted by Crippen LogP contribution is 2.16. The zero-order chi connectivity index (χ0) is 20.5. The van der Waals surface area contributed by atoms with Crippen LogP contribution in [0.4, 0.5) is 0 Å². The van der Waals surface area contributed by atoms with Crippen molar-refractivity contribution in [2.24, 2.45) is 4.99 Å². The molecule has 0 unspecified atom stereocenters. The summed E-state index contributed by atoms with van der Waals surface area (Å²) in [5.74, 6) is 0.839. The van der Waals surface area contributed by atoms with Crippen LogP contribution in [0, 0.1) is 11.3 Å². The summed E-state index contributed by atoms with van der Waals surface area (Å²) in [5, 5.41) is 16.7. The van der Waals surface area contributed by atoms with Crippen molar-refractivity contribution in [3.63, 3.8) is 0 Å². The molecular weight excluding hydrogens is 382 g/mol. The molecule has 5 nitrogen and oxygen atoms in total. The van der Waals surface area contributed by atoms with Crippen LogP contribution < -0.4 is 10.6 Å². The Morgan fingerprint density at radius 3 is 2.62 bits per heavy atom. The molecule has 1 aliphatic heterocycles. The zero-order valence-corrected chi connectivity index (χ0v) is 17.6. The molecular formula is C23H28ClN5. The van der Waals surface area contributed by atoms with E-state index in [1.165, 1.54) is 5.56 Å². The van der Waals surface area contributed by atoms with Crippen LogP contribution in [0.15, 0.2) is 53.5 Å². The topological polar surface area (TPSA) is 63.5 Å². The van der Waals surface area contributed by atoms with Gasteiger partial charge in [-0.05, 0) is 55.2 Å². The molecule has 1 aliphatic rings. The first-order valence-electron chi connectivity index (χ1n) is 10.2. The number of aliphatic imine (C=N–C) groups is 1. The Morgan fingerprint density at radius 1 is 1.17 bits per heavy atom. The molecule has 0 saturated carbocycles. The lowest BCUT2D eigenvalue weighted by atomic mass is 10.0. The van der Waals surface area contributed by atoms with Gasteiger partial charge < -0.3 is 10.6 Å². The number of rotatable bonds is 6. The second-order valence-electron chi connectivity index (χ2n) is 7.33. The van der Waals surface area contributed by atoms with Crippen LogP contribution in [0.5, 0.6) is 0 Å². The van der Waals surface area contributed by atoms with E-state index in [1.807, 2.05) is 36.4 Å². The van der Waals surface area contributed by atoms with Crippen molar-refractivity contribution in [1.82, 2.24) is 15.5 Å². The third kappa shape index (κ3) is 6.77. The second-order valence-corrected chi connectivity index (χ2v) is 7.77. The van der Waals surface area contributed by atoms with Gasteiger partial charge in [-0.25, -0.2) is 4.99 Å². The molecule has 0 spiro atoms. The van der Waals surface area contributed by atoms with Gasteiger partial charge in [0.15, 0.2) is 5.96 Å². The number of benzene rings is 2. The molecule has 0 atom stereocenters. The molecule has 0 aromatic heterocycles. The minimum Gasteiger partial charge on any atom is -0.357 e. The van der Waals surface area contributed by atoms with Crippen molar-refractivity contribution in [3.8, 4) is 6.07 Å². The monoisotopic (exact) mass is 409 g/mol. The third-order valence-corrected chi connectivity index (χ3v) is 5.32. The number of nitrogens with zero attached hydrogens (tertiary/aromatic N) is 3. The molecule has 152 valence electrons. The first-order chi connectivity index (χ1) is 14.2. The van der Waals surface area contributed by atoms with Crippen LogP contribution in [0.3, 0.4) is 0 Å². The normalized spacial score (nSPS) is 15.7. The molecule has 2 aromatic carbocycles. The van der Waals surface area contributed by atoms with Gasteiger partial charge in [0.2, 0.25) is 0 Å².